The number of aromatic nitrogens is 1. The monoisotopic (exact) mass is 295 g/mol. The van der Waals surface area contributed by atoms with E-state index >= 15 is 0 Å². The van der Waals surface area contributed by atoms with Gasteiger partial charge in [0.2, 0.25) is 0 Å². The van der Waals surface area contributed by atoms with Gasteiger partial charge >= 0.3 is 6.03 Å². The van der Waals surface area contributed by atoms with Crippen LogP contribution in [0, 0.1) is 6.92 Å². The lowest BCUT2D eigenvalue weighted by Crippen LogP contribution is -2.22. The fraction of sp³-hybridized carbons (Fsp3) is 0.231. The molecule has 4 nitrogen and oxygen atoms in total. The molecule has 2 aromatic rings. The molecule has 2 rings (SSSR count). The van der Waals surface area contributed by atoms with Gasteiger partial charge in [0.1, 0.15) is 0 Å². The number of halogens is 1. The first kappa shape index (κ1) is 13.8. The lowest BCUT2D eigenvalue weighted by atomic mass is 10.3. The van der Waals surface area contributed by atoms with Crippen LogP contribution in [0.3, 0.4) is 0 Å². The Labute approximate surface area is 120 Å². The standard InChI is InChI=1S/C13H14ClN3OS/c1-9-8-17(11-6-4-10(14)5-7-11)13(19-9)15-12(18)16(2)3/h4-8H,1-3H3/b15-13-. The van der Waals surface area contributed by atoms with Crippen molar-refractivity contribution in [3.63, 3.8) is 0 Å². The maximum absolute atomic E-state index is 11.7. The van der Waals surface area contributed by atoms with Crippen LogP contribution in [0.1, 0.15) is 4.88 Å². The number of benzene rings is 1. The number of rotatable bonds is 1. The van der Waals surface area contributed by atoms with E-state index in [1.54, 1.807) is 14.1 Å². The number of amides is 2. The highest BCUT2D eigenvalue weighted by atomic mass is 35.5. The predicted octanol–water partition coefficient (Wildman–Crippen LogP) is 3.08. The largest absolute Gasteiger partial charge is 0.345 e. The van der Waals surface area contributed by atoms with Crippen LogP contribution >= 0.6 is 22.9 Å². The molecule has 2 amide bonds. The van der Waals surface area contributed by atoms with E-state index in [1.165, 1.54) is 16.2 Å². The van der Waals surface area contributed by atoms with Gasteiger partial charge in [-0.3, -0.25) is 4.57 Å². The molecule has 1 aromatic carbocycles. The number of hydrogen-bond acceptors (Lipinski definition) is 2. The van der Waals surface area contributed by atoms with Gasteiger partial charge in [0.05, 0.1) is 0 Å². The molecule has 1 aromatic heterocycles. The number of nitrogens with zero attached hydrogens (tertiary/aromatic N) is 3. The van der Waals surface area contributed by atoms with Gasteiger partial charge in [-0.25, -0.2) is 4.79 Å². The van der Waals surface area contributed by atoms with Crippen LogP contribution in [-0.2, 0) is 0 Å². The quantitative estimate of drug-likeness (QED) is 0.796. The van der Waals surface area contributed by atoms with Crippen LogP contribution in [0.25, 0.3) is 5.69 Å². The van der Waals surface area contributed by atoms with Crippen molar-refractivity contribution in [2.45, 2.75) is 6.92 Å². The average Bonchev–Trinajstić information content (AvgIpc) is 2.71. The summed E-state index contributed by atoms with van der Waals surface area (Å²) in [5.41, 5.74) is 0.930. The normalized spacial score (nSPS) is 11.7. The zero-order valence-corrected chi connectivity index (χ0v) is 12.5. The van der Waals surface area contributed by atoms with E-state index in [4.69, 9.17) is 11.6 Å². The molecule has 0 saturated heterocycles. The highest BCUT2D eigenvalue weighted by molar-refractivity contribution is 7.09. The van der Waals surface area contributed by atoms with Crippen molar-refractivity contribution in [3.05, 3.63) is 45.2 Å². The van der Waals surface area contributed by atoms with E-state index < -0.39 is 0 Å². The van der Waals surface area contributed by atoms with Crippen molar-refractivity contribution in [1.82, 2.24) is 9.47 Å². The minimum Gasteiger partial charge on any atom is -0.329 e. The lowest BCUT2D eigenvalue weighted by Gasteiger charge is -2.05. The Hall–Kier alpha value is -1.59. The van der Waals surface area contributed by atoms with E-state index in [0.29, 0.717) is 9.82 Å². The first-order valence-corrected chi connectivity index (χ1v) is 6.88. The Balaban J connectivity index is 2.53. The topological polar surface area (TPSA) is 37.6 Å². The van der Waals surface area contributed by atoms with E-state index in [0.717, 1.165) is 10.6 Å². The van der Waals surface area contributed by atoms with E-state index in [-0.39, 0.29) is 6.03 Å². The minimum absolute atomic E-state index is 0.274. The Morgan fingerprint density at radius 3 is 2.53 bits per heavy atom. The average molecular weight is 296 g/mol. The summed E-state index contributed by atoms with van der Waals surface area (Å²) in [6.45, 7) is 1.98. The van der Waals surface area contributed by atoms with Crippen molar-refractivity contribution in [2.75, 3.05) is 14.1 Å². The second-order valence-corrected chi connectivity index (χ2v) is 5.91. The highest BCUT2D eigenvalue weighted by Crippen LogP contribution is 2.14. The molecule has 0 bridgehead atoms. The molecule has 0 unspecified atom stereocenters. The molecule has 0 saturated carbocycles. The maximum Gasteiger partial charge on any atom is 0.345 e. The molecule has 0 fully saturated rings. The summed E-state index contributed by atoms with van der Waals surface area (Å²) in [4.78, 5) is 19.0. The molecule has 1 heterocycles. The van der Waals surface area contributed by atoms with Gasteiger partial charge in [-0.15, -0.1) is 11.3 Å². The third-order valence-electron chi connectivity index (χ3n) is 2.45. The van der Waals surface area contributed by atoms with Gasteiger partial charge in [0.25, 0.3) is 0 Å². The number of thiazole rings is 1. The molecule has 6 heteroatoms. The SMILES string of the molecule is Cc1cn(-c2ccc(Cl)cc2)/c(=N/C(=O)N(C)C)s1. The smallest absolute Gasteiger partial charge is 0.329 e. The van der Waals surface area contributed by atoms with Crippen molar-refractivity contribution in [1.29, 1.82) is 0 Å². The number of urea groups is 1. The summed E-state index contributed by atoms with van der Waals surface area (Å²) < 4.78 is 1.89. The Bertz CT molecular complexity index is 655. The molecule has 0 radical (unpaired) electrons. The summed E-state index contributed by atoms with van der Waals surface area (Å²) in [6.07, 6.45) is 1.95. The van der Waals surface area contributed by atoms with Gasteiger partial charge in [-0.2, -0.15) is 4.99 Å². The lowest BCUT2D eigenvalue weighted by molar-refractivity contribution is 0.226. The molecule has 0 aliphatic carbocycles. The van der Waals surface area contributed by atoms with Crippen LogP contribution in [0.2, 0.25) is 5.02 Å². The third-order valence-corrected chi connectivity index (χ3v) is 3.60. The first-order chi connectivity index (χ1) is 8.97. The van der Waals surface area contributed by atoms with Crippen LogP contribution in [-0.4, -0.2) is 29.6 Å². The minimum atomic E-state index is -0.274. The summed E-state index contributed by atoms with van der Waals surface area (Å²) in [5.74, 6) is 0. The fourth-order valence-corrected chi connectivity index (χ4v) is 2.45. The molecule has 0 aliphatic rings. The first-order valence-electron chi connectivity index (χ1n) is 5.68. The second kappa shape index (κ2) is 5.59. The van der Waals surface area contributed by atoms with Gasteiger partial charge in [0, 0.05) is 35.9 Å². The molecule has 100 valence electrons. The third kappa shape index (κ3) is 3.24. The number of carbonyl (C=O) groups is 1. The molecule has 0 N–H and O–H groups in total. The van der Waals surface area contributed by atoms with E-state index in [2.05, 4.69) is 4.99 Å². The summed E-state index contributed by atoms with van der Waals surface area (Å²) in [7, 11) is 3.36. The number of aryl methyl sites for hydroxylation is 1. The molecule has 0 aliphatic heterocycles. The molecule has 19 heavy (non-hydrogen) atoms. The Morgan fingerprint density at radius 2 is 1.95 bits per heavy atom. The zero-order chi connectivity index (χ0) is 14.0. The van der Waals surface area contributed by atoms with E-state index in [1.807, 2.05) is 42.0 Å². The van der Waals surface area contributed by atoms with Crippen molar-refractivity contribution < 1.29 is 4.79 Å². The number of hydrogen-bond donors (Lipinski definition) is 0. The molecular formula is C13H14ClN3OS. The van der Waals surface area contributed by atoms with Gasteiger partial charge in [0.15, 0.2) is 4.80 Å². The predicted molar refractivity (Wildman–Crippen MR) is 78.0 cm³/mol. The Kier molecular flexibility index (Phi) is 4.07. The molecule has 0 spiro atoms. The Morgan fingerprint density at radius 1 is 1.32 bits per heavy atom. The van der Waals surface area contributed by atoms with Crippen LogP contribution in [0.5, 0.6) is 0 Å². The fourth-order valence-electron chi connectivity index (χ4n) is 1.50. The van der Waals surface area contributed by atoms with E-state index in [9.17, 15) is 4.79 Å². The van der Waals surface area contributed by atoms with Gasteiger partial charge in [-0.05, 0) is 31.2 Å². The van der Waals surface area contributed by atoms with Crippen molar-refractivity contribution in [2.24, 2.45) is 4.99 Å². The van der Waals surface area contributed by atoms with Gasteiger partial charge in [-0.1, -0.05) is 11.6 Å². The van der Waals surface area contributed by atoms with Crippen LogP contribution in [0.15, 0.2) is 35.5 Å². The van der Waals surface area contributed by atoms with Crippen molar-refractivity contribution in [3.8, 4) is 5.69 Å². The molecular weight excluding hydrogens is 282 g/mol. The highest BCUT2D eigenvalue weighted by Gasteiger charge is 2.06. The maximum atomic E-state index is 11.7. The number of carbonyl (C=O) groups excluding carboxylic acids is 1. The second-order valence-electron chi connectivity index (χ2n) is 4.26. The van der Waals surface area contributed by atoms with Crippen molar-refractivity contribution >= 4 is 29.0 Å². The van der Waals surface area contributed by atoms with Crippen LogP contribution in [0.4, 0.5) is 4.79 Å². The summed E-state index contributed by atoms with van der Waals surface area (Å²) in [5, 5.41) is 0.680. The van der Waals surface area contributed by atoms with Gasteiger partial charge < -0.3 is 4.90 Å². The molecule has 0 atom stereocenters. The van der Waals surface area contributed by atoms with Crippen LogP contribution < -0.4 is 4.80 Å². The zero-order valence-electron chi connectivity index (χ0n) is 10.9. The summed E-state index contributed by atoms with van der Waals surface area (Å²) >= 11 is 7.35. The summed E-state index contributed by atoms with van der Waals surface area (Å²) in [6, 6.07) is 7.15.